The van der Waals surface area contributed by atoms with Crippen molar-refractivity contribution in [2.24, 2.45) is 0 Å². The number of hydrogen-bond acceptors (Lipinski definition) is 9. The number of carboxylic acid groups (broad SMARTS) is 1. The van der Waals surface area contributed by atoms with Gasteiger partial charge < -0.3 is 30.0 Å². The number of rotatable bonds is 8. The number of amides is 3. The van der Waals surface area contributed by atoms with E-state index in [9.17, 15) is 23.9 Å². The summed E-state index contributed by atoms with van der Waals surface area (Å²) < 4.78 is 35.0. The van der Waals surface area contributed by atoms with Crippen molar-refractivity contribution in [1.29, 1.82) is 0 Å². The number of nitrogens with zero attached hydrogens (tertiary/aromatic N) is 4. The minimum absolute atomic E-state index is 0.152. The topological polar surface area (TPSA) is 179 Å². The fourth-order valence-electron chi connectivity index (χ4n) is 5.15. The van der Waals surface area contributed by atoms with Gasteiger partial charge in [0.05, 0.1) is 17.5 Å². The van der Waals surface area contributed by atoms with Crippen molar-refractivity contribution < 1.29 is 38.1 Å². The lowest BCUT2D eigenvalue weighted by Gasteiger charge is -2.22. The Morgan fingerprint density at radius 3 is 2.53 bits per heavy atom. The third-order valence-electron chi connectivity index (χ3n) is 7.06. The van der Waals surface area contributed by atoms with Gasteiger partial charge in [-0.1, -0.05) is 36.4 Å². The van der Waals surface area contributed by atoms with Gasteiger partial charge in [0, 0.05) is 18.7 Å². The number of aromatic nitrogens is 4. The molecule has 2 aliphatic heterocycles. The summed E-state index contributed by atoms with van der Waals surface area (Å²) in [6.07, 6.45) is -1.00. The van der Waals surface area contributed by atoms with Crippen molar-refractivity contribution in [3.8, 4) is 0 Å². The number of imidazole rings is 1. The van der Waals surface area contributed by atoms with Crippen LogP contribution in [0.1, 0.15) is 45.7 Å². The van der Waals surface area contributed by atoms with Crippen molar-refractivity contribution in [3.05, 3.63) is 83.7 Å². The van der Waals surface area contributed by atoms with E-state index in [0.717, 1.165) is 17.7 Å². The second kappa shape index (κ2) is 11.7. The third-order valence-corrected chi connectivity index (χ3v) is 7.06. The lowest BCUT2D eigenvalue weighted by Crippen LogP contribution is -2.39. The normalized spacial score (nSPS) is 22.7. The first-order valence-electron chi connectivity index (χ1n) is 13.4. The molecular formula is C28H26FN7O7. The van der Waals surface area contributed by atoms with Gasteiger partial charge in [-0.25, -0.2) is 28.9 Å². The molecule has 4 unspecified atom stereocenters. The molecule has 0 spiro atoms. The fourth-order valence-corrected chi connectivity index (χ4v) is 5.15. The Balaban J connectivity index is 1.28. The number of carbonyl (C=O) groups is 3. The van der Waals surface area contributed by atoms with Gasteiger partial charge in [-0.15, -0.1) is 0 Å². The van der Waals surface area contributed by atoms with Crippen LogP contribution in [0.3, 0.4) is 0 Å². The van der Waals surface area contributed by atoms with Crippen molar-refractivity contribution in [1.82, 2.24) is 30.2 Å². The van der Waals surface area contributed by atoms with Gasteiger partial charge in [-0.05, 0) is 19.1 Å². The average molecular weight is 592 g/mol. The number of halogens is 1. The Morgan fingerprint density at radius 1 is 0.977 bits per heavy atom. The smallest absolute Gasteiger partial charge is 0.336 e. The molecule has 5 atom stereocenters. The van der Waals surface area contributed by atoms with Crippen LogP contribution >= 0.6 is 0 Å². The molecule has 43 heavy (non-hydrogen) atoms. The monoisotopic (exact) mass is 591 g/mol. The number of benzene rings is 2. The van der Waals surface area contributed by atoms with Crippen molar-refractivity contribution in [2.45, 2.75) is 37.8 Å². The highest BCUT2D eigenvalue weighted by molar-refractivity contribution is 6.05. The lowest BCUT2D eigenvalue weighted by molar-refractivity contribution is -0.146. The first-order chi connectivity index (χ1) is 20.9. The third kappa shape index (κ3) is 5.36. The van der Waals surface area contributed by atoms with Crippen molar-refractivity contribution >= 4 is 34.9 Å². The van der Waals surface area contributed by atoms with E-state index in [-0.39, 0.29) is 12.4 Å². The summed E-state index contributed by atoms with van der Waals surface area (Å²) in [7, 11) is 0. The highest BCUT2D eigenvalue weighted by Crippen LogP contribution is 2.44. The van der Waals surface area contributed by atoms with Crippen molar-refractivity contribution in [2.75, 3.05) is 18.4 Å². The molecule has 6 rings (SSSR count). The Bertz CT molecular complexity index is 1680. The molecule has 4 aromatic rings. The van der Waals surface area contributed by atoms with Crippen LogP contribution in [0.2, 0.25) is 0 Å². The molecule has 222 valence electrons. The summed E-state index contributed by atoms with van der Waals surface area (Å²) in [5, 5.41) is 17.3. The molecule has 2 fully saturated rings. The predicted octanol–water partition coefficient (Wildman–Crippen LogP) is 2.62. The summed E-state index contributed by atoms with van der Waals surface area (Å²) in [6.45, 7) is 2.05. The molecule has 0 saturated carbocycles. The number of urea groups is 1. The number of carboxylic acids is 1. The number of aromatic carboxylic acids is 1. The van der Waals surface area contributed by atoms with Gasteiger partial charge in [0.15, 0.2) is 29.5 Å². The van der Waals surface area contributed by atoms with E-state index in [2.05, 4.69) is 30.9 Å². The molecule has 0 bridgehead atoms. The maximum Gasteiger partial charge on any atom is 0.336 e. The summed E-state index contributed by atoms with van der Waals surface area (Å²) in [4.78, 5) is 49.6. The quantitative estimate of drug-likeness (QED) is 0.238. The Hall–Kier alpha value is -4.99. The molecule has 2 saturated heterocycles. The molecule has 4 N–H and O–H groups in total. The fraction of sp³-hybridized carbons (Fsp3) is 0.286. The van der Waals surface area contributed by atoms with Crippen LogP contribution in [0.5, 0.6) is 0 Å². The lowest BCUT2D eigenvalue weighted by atomic mass is 10.1. The van der Waals surface area contributed by atoms with E-state index in [4.69, 9.17) is 14.2 Å². The van der Waals surface area contributed by atoms with E-state index < -0.39 is 65.7 Å². The summed E-state index contributed by atoms with van der Waals surface area (Å²) in [5.41, 5.74) is 0.370. The predicted molar refractivity (Wildman–Crippen MR) is 147 cm³/mol. The minimum atomic E-state index is -1.44. The van der Waals surface area contributed by atoms with Crippen LogP contribution in [0, 0.1) is 5.82 Å². The van der Waals surface area contributed by atoms with E-state index in [1.54, 1.807) is 11.5 Å². The van der Waals surface area contributed by atoms with Crippen LogP contribution in [-0.4, -0.2) is 73.9 Å². The molecule has 2 aromatic heterocycles. The molecular weight excluding hydrogens is 565 g/mol. The standard InChI is InChI=1S/C28H26FN7O7/c1-2-30-28(40)35-22-19-23(33-12-32-22)36(13-34-19)25-21-20(42-27(43-21)14-7-4-3-5-8-14)17(41-25)11-31-24(37)18-15(26(38)39)9-6-10-16(18)29/h3-10,12-13,17,20-21,25,27H,2,11H2,1H3,(H,31,37)(H,38,39)(H2,30,32,33,35,40)/t17?,20?,21?,25?,27-/m0/s1. The van der Waals surface area contributed by atoms with Crippen LogP contribution in [0.25, 0.3) is 11.2 Å². The van der Waals surface area contributed by atoms with Crippen molar-refractivity contribution in [3.63, 3.8) is 0 Å². The minimum Gasteiger partial charge on any atom is -0.478 e. The van der Waals surface area contributed by atoms with Gasteiger partial charge in [-0.3, -0.25) is 14.7 Å². The number of ether oxygens (including phenoxy) is 3. The van der Waals surface area contributed by atoms with Gasteiger partial charge in [-0.2, -0.15) is 0 Å². The second-order valence-corrected chi connectivity index (χ2v) is 9.72. The molecule has 0 aliphatic carbocycles. The first kappa shape index (κ1) is 28.1. The van der Waals surface area contributed by atoms with Gasteiger partial charge in [0.25, 0.3) is 5.91 Å². The van der Waals surface area contributed by atoms with E-state index in [1.165, 1.54) is 18.7 Å². The number of anilines is 1. The Labute approximate surface area is 243 Å². The number of fused-ring (bicyclic) bond motifs is 2. The zero-order valence-electron chi connectivity index (χ0n) is 22.6. The van der Waals surface area contributed by atoms with Crippen LogP contribution in [0.15, 0.2) is 61.2 Å². The molecule has 4 heterocycles. The molecule has 3 amide bonds. The Morgan fingerprint density at radius 2 is 1.77 bits per heavy atom. The number of carbonyl (C=O) groups excluding carboxylic acids is 2. The average Bonchev–Trinajstić information content (AvgIpc) is 3.71. The summed E-state index contributed by atoms with van der Waals surface area (Å²) in [5.74, 6) is -3.13. The zero-order valence-corrected chi connectivity index (χ0v) is 22.6. The first-order valence-corrected chi connectivity index (χ1v) is 13.4. The van der Waals surface area contributed by atoms with E-state index in [0.29, 0.717) is 17.7 Å². The van der Waals surface area contributed by atoms with Gasteiger partial charge >= 0.3 is 12.0 Å². The SMILES string of the molecule is CCNC(=O)Nc1ncnc2c1ncn2C1OC(CNC(=O)c2c(F)cccc2C(=O)O)C2O[C@H](c3ccccc3)OC21. The van der Waals surface area contributed by atoms with E-state index in [1.807, 2.05) is 30.3 Å². The maximum atomic E-state index is 14.5. The van der Waals surface area contributed by atoms with Crippen LogP contribution in [0.4, 0.5) is 15.0 Å². The highest BCUT2D eigenvalue weighted by atomic mass is 19.1. The van der Waals surface area contributed by atoms with Crippen LogP contribution < -0.4 is 16.0 Å². The maximum absolute atomic E-state index is 14.5. The second-order valence-electron chi connectivity index (χ2n) is 9.72. The summed E-state index contributed by atoms with van der Waals surface area (Å²) >= 11 is 0. The van der Waals surface area contributed by atoms with Gasteiger partial charge in [0.1, 0.15) is 30.5 Å². The van der Waals surface area contributed by atoms with Gasteiger partial charge in [0.2, 0.25) is 0 Å². The zero-order chi connectivity index (χ0) is 30.1. The Kier molecular flexibility index (Phi) is 7.67. The largest absolute Gasteiger partial charge is 0.478 e. The molecule has 0 radical (unpaired) electrons. The summed E-state index contributed by atoms with van der Waals surface area (Å²) in [6, 6.07) is 12.2. The highest BCUT2D eigenvalue weighted by Gasteiger charge is 2.54. The molecule has 2 aromatic carbocycles. The molecule has 14 nitrogen and oxygen atoms in total. The number of hydrogen-bond donors (Lipinski definition) is 4. The number of nitrogens with one attached hydrogen (secondary N) is 3. The van der Waals surface area contributed by atoms with Crippen LogP contribution in [-0.2, 0) is 14.2 Å². The molecule has 15 heteroatoms. The van der Waals surface area contributed by atoms with E-state index >= 15 is 0 Å². The molecule has 2 aliphatic rings.